The van der Waals surface area contributed by atoms with Crippen molar-refractivity contribution >= 4 is 11.7 Å². The monoisotopic (exact) mass is 307 g/mol. The first-order valence-electron chi connectivity index (χ1n) is 6.78. The zero-order valence-corrected chi connectivity index (χ0v) is 11.4. The van der Waals surface area contributed by atoms with Crippen LogP contribution in [-0.2, 0) is 6.18 Å². The van der Waals surface area contributed by atoms with E-state index in [1.165, 1.54) is 17.0 Å². The first-order chi connectivity index (χ1) is 10.4. The highest BCUT2D eigenvalue weighted by molar-refractivity contribution is 5.96. The van der Waals surface area contributed by atoms with Crippen LogP contribution >= 0.6 is 0 Å². The van der Waals surface area contributed by atoms with Crippen molar-refractivity contribution in [1.82, 2.24) is 5.32 Å². The van der Waals surface area contributed by atoms with Crippen LogP contribution < -0.4 is 10.2 Å². The Bertz CT molecular complexity index is 690. The molecule has 3 rings (SSSR count). The summed E-state index contributed by atoms with van der Waals surface area (Å²) in [5, 5.41) is 11.6. The van der Waals surface area contributed by atoms with Crippen LogP contribution in [0.5, 0.6) is 0 Å². The molecule has 1 fully saturated rings. The number of halogens is 3. The highest BCUT2D eigenvalue weighted by Gasteiger charge is 2.41. The van der Waals surface area contributed by atoms with Gasteiger partial charge in [-0.3, -0.25) is 4.90 Å². The van der Waals surface area contributed by atoms with Gasteiger partial charge in [-0.1, -0.05) is 12.2 Å². The van der Waals surface area contributed by atoms with Crippen molar-refractivity contribution in [3.63, 3.8) is 0 Å². The molecule has 2 aliphatic rings. The molecule has 1 aliphatic heterocycles. The Morgan fingerprint density at radius 1 is 1.27 bits per heavy atom. The highest BCUT2D eigenvalue weighted by Crippen LogP contribution is 2.36. The summed E-state index contributed by atoms with van der Waals surface area (Å²) in [6.45, 7) is 0. The molecule has 0 bridgehead atoms. The maximum absolute atomic E-state index is 13.1. The van der Waals surface area contributed by atoms with Crippen molar-refractivity contribution in [3.8, 4) is 6.07 Å². The number of anilines is 1. The van der Waals surface area contributed by atoms with E-state index >= 15 is 0 Å². The maximum atomic E-state index is 13.1. The predicted molar refractivity (Wildman–Crippen MR) is 73.1 cm³/mol. The van der Waals surface area contributed by atoms with Gasteiger partial charge in [0.25, 0.3) is 0 Å². The van der Waals surface area contributed by atoms with Gasteiger partial charge in [-0.15, -0.1) is 0 Å². The van der Waals surface area contributed by atoms with Gasteiger partial charge < -0.3 is 5.32 Å². The molecule has 1 N–H and O–H groups in total. The molecule has 1 heterocycles. The van der Waals surface area contributed by atoms with E-state index in [0.29, 0.717) is 12.8 Å². The summed E-state index contributed by atoms with van der Waals surface area (Å²) in [5.74, 6) is 0. The van der Waals surface area contributed by atoms with Crippen LogP contribution in [0, 0.1) is 11.3 Å². The smallest absolute Gasteiger partial charge is 0.333 e. The largest absolute Gasteiger partial charge is 0.417 e. The minimum atomic E-state index is -4.64. The average Bonchev–Trinajstić information content (AvgIpc) is 2.81. The van der Waals surface area contributed by atoms with E-state index in [1.54, 1.807) is 0 Å². The van der Waals surface area contributed by atoms with E-state index in [2.05, 4.69) is 5.32 Å². The van der Waals surface area contributed by atoms with E-state index < -0.39 is 23.3 Å². The van der Waals surface area contributed by atoms with Crippen molar-refractivity contribution in [2.24, 2.45) is 0 Å². The number of amides is 2. The van der Waals surface area contributed by atoms with Gasteiger partial charge in [0.2, 0.25) is 0 Å². The Morgan fingerprint density at radius 2 is 2.00 bits per heavy atom. The van der Waals surface area contributed by atoms with Crippen LogP contribution in [0.4, 0.5) is 23.7 Å². The van der Waals surface area contributed by atoms with E-state index in [0.717, 1.165) is 12.1 Å². The van der Waals surface area contributed by atoms with Crippen molar-refractivity contribution in [2.45, 2.75) is 31.1 Å². The van der Waals surface area contributed by atoms with Gasteiger partial charge >= 0.3 is 12.2 Å². The number of carbonyl (C=O) groups excluding carboxylic acids is 1. The summed E-state index contributed by atoms with van der Waals surface area (Å²) >= 11 is 0. The molecule has 7 heteroatoms. The molecule has 22 heavy (non-hydrogen) atoms. The van der Waals surface area contributed by atoms with Crippen LogP contribution in [0.2, 0.25) is 0 Å². The minimum absolute atomic E-state index is 0.0949. The molecule has 2 atom stereocenters. The number of urea groups is 1. The molecule has 1 aliphatic carbocycles. The van der Waals surface area contributed by atoms with Gasteiger partial charge in [-0.05, 0) is 31.0 Å². The van der Waals surface area contributed by atoms with Gasteiger partial charge in [0.15, 0.2) is 0 Å². The van der Waals surface area contributed by atoms with Crippen LogP contribution in [0.15, 0.2) is 30.4 Å². The third kappa shape index (κ3) is 2.30. The van der Waals surface area contributed by atoms with Crippen LogP contribution in [0.25, 0.3) is 0 Å². The normalized spacial score (nSPS) is 23.9. The lowest BCUT2D eigenvalue weighted by Crippen LogP contribution is -2.37. The van der Waals surface area contributed by atoms with E-state index in [1.807, 2.05) is 12.2 Å². The average molecular weight is 307 g/mol. The van der Waals surface area contributed by atoms with Gasteiger partial charge in [0.05, 0.1) is 29.3 Å². The summed E-state index contributed by atoms with van der Waals surface area (Å²) < 4.78 is 39.2. The number of carbonyl (C=O) groups is 1. The van der Waals surface area contributed by atoms with Crippen LogP contribution in [0.1, 0.15) is 24.0 Å². The number of benzene rings is 1. The number of nitriles is 1. The van der Waals surface area contributed by atoms with E-state index in [-0.39, 0.29) is 17.8 Å². The zero-order chi connectivity index (χ0) is 15.9. The van der Waals surface area contributed by atoms with Crippen molar-refractivity contribution in [2.75, 3.05) is 4.90 Å². The second kappa shape index (κ2) is 5.05. The number of nitrogens with zero attached hydrogens (tertiary/aromatic N) is 2. The van der Waals surface area contributed by atoms with E-state index in [4.69, 9.17) is 5.26 Å². The molecule has 0 unspecified atom stereocenters. The topological polar surface area (TPSA) is 56.1 Å². The predicted octanol–water partition coefficient (Wildman–Crippen LogP) is 3.19. The van der Waals surface area contributed by atoms with Gasteiger partial charge in [0, 0.05) is 5.69 Å². The third-order valence-corrected chi connectivity index (χ3v) is 3.97. The summed E-state index contributed by atoms with van der Waals surface area (Å²) in [6.07, 6.45) is 0.483. The lowest BCUT2D eigenvalue weighted by atomic mass is 9.96. The summed E-state index contributed by atoms with van der Waals surface area (Å²) in [5.41, 5.74) is -1.31. The fourth-order valence-corrected chi connectivity index (χ4v) is 2.94. The molecule has 0 saturated carbocycles. The highest BCUT2D eigenvalue weighted by atomic mass is 19.4. The standard InChI is InChI=1S/C15H12F3N3O/c16-15(17,18)11-7-10(6-5-9(11)8-19)21-13-4-2-1-3-12(13)20-14(21)22/h1-2,5-7,12-13H,3-4H2,(H,20,22)/t12-,13-/m1/s1. The lowest BCUT2D eigenvalue weighted by Gasteiger charge is -2.27. The molecular formula is C15H12F3N3O. The van der Waals surface area contributed by atoms with E-state index in [9.17, 15) is 18.0 Å². The SMILES string of the molecule is N#Cc1ccc(N2C(=O)N[C@@H]3CC=CC[C@H]32)cc1C(F)(F)F. The second-order valence-corrected chi connectivity index (χ2v) is 5.28. The summed E-state index contributed by atoms with van der Waals surface area (Å²) in [7, 11) is 0. The van der Waals surface area contributed by atoms with Gasteiger partial charge in [0.1, 0.15) is 0 Å². The number of nitrogens with one attached hydrogen (secondary N) is 1. The first kappa shape index (κ1) is 14.4. The Hall–Kier alpha value is -2.49. The molecular weight excluding hydrogens is 295 g/mol. The minimum Gasteiger partial charge on any atom is -0.333 e. The first-order valence-corrected chi connectivity index (χ1v) is 6.78. The number of hydrogen-bond donors (Lipinski definition) is 1. The zero-order valence-electron chi connectivity index (χ0n) is 11.4. The number of rotatable bonds is 1. The van der Waals surface area contributed by atoms with Crippen molar-refractivity contribution < 1.29 is 18.0 Å². The number of hydrogen-bond acceptors (Lipinski definition) is 2. The Balaban J connectivity index is 2.03. The molecule has 0 radical (unpaired) electrons. The molecule has 4 nitrogen and oxygen atoms in total. The molecule has 0 spiro atoms. The molecule has 2 amide bonds. The summed E-state index contributed by atoms with van der Waals surface area (Å²) in [6, 6.07) is 4.20. The maximum Gasteiger partial charge on any atom is 0.417 e. The Labute approximate surface area is 124 Å². The number of alkyl halides is 3. The molecule has 1 aromatic carbocycles. The van der Waals surface area contributed by atoms with Crippen LogP contribution in [-0.4, -0.2) is 18.1 Å². The van der Waals surface area contributed by atoms with Gasteiger partial charge in [-0.2, -0.15) is 18.4 Å². The van der Waals surface area contributed by atoms with Gasteiger partial charge in [-0.25, -0.2) is 4.79 Å². The molecule has 1 saturated heterocycles. The third-order valence-electron chi connectivity index (χ3n) is 3.97. The van der Waals surface area contributed by atoms with Crippen molar-refractivity contribution in [3.05, 3.63) is 41.5 Å². The number of fused-ring (bicyclic) bond motifs is 1. The molecule has 114 valence electrons. The molecule has 1 aromatic rings. The fourth-order valence-electron chi connectivity index (χ4n) is 2.94. The second-order valence-electron chi connectivity index (χ2n) is 5.28. The molecule has 0 aromatic heterocycles. The Morgan fingerprint density at radius 3 is 2.68 bits per heavy atom. The van der Waals surface area contributed by atoms with Crippen LogP contribution in [0.3, 0.4) is 0 Å². The van der Waals surface area contributed by atoms with Crippen molar-refractivity contribution in [1.29, 1.82) is 5.26 Å². The summed E-state index contributed by atoms with van der Waals surface area (Å²) in [4.78, 5) is 13.4. The lowest BCUT2D eigenvalue weighted by molar-refractivity contribution is -0.137. The Kier molecular flexibility index (Phi) is 3.32. The quantitative estimate of drug-likeness (QED) is 0.810. The fraction of sp³-hybridized carbons (Fsp3) is 0.333.